The van der Waals surface area contributed by atoms with Crippen LogP contribution in [0, 0.1) is 11.3 Å². The Labute approximate surface area is 102 Å². The fourth-order valence-electron chi connectivity index (χ4n) is 2.01. The number of aliphatic carboxylic acids is 1. The van der Waals surface area contributed by atoms with E-state index in [0.717, 1.165) is 6.92 Å². The van der Waals surface area contributed by atoms with E-state index in [1.54, 1.807) is 0 Å². The molecule has 0 radical (unpaired) electrons. The molecular weight excluding hydrogens is 222 g/mol. The molecule has 0 aromatic heterocycles. The molecule has 0 aliphatic carbocycles. The highest BCUT2D eigenvalue weighted by Crippen LogP contribution is 2.33. The maximum absolute atomic E-state index is 11.9. The minimum Gasteiger partial charge on any atom is -0.481 e. The van der Waals surface area contributed by atoms with E-state index in [9.17, 15) is 9.59 Å². The van der Waals surface area contributed by atoms with Crippen molar-refractivity contribution in [3.8, 4) is 0 Å². The van der Waals surface area contributed by atoms with Gasteiger partial charge in [0.1, 0.15) is 5.41 Å². The van der Waals surface area contributed by atoms with Gasteiger partial charge in [-0.15, -0.1) is 0 Å². The van der Waals surface area contributed by atoms with Crippen LogP contribution in [-0.2, 0) is 14.4 Å². The number of nitrogens with one attached hydrogen (secondary N) is 1. The molecule has 1 aliphatic rings. The number of ketones is 1. The lowest BCUT2D eigenvalue weighted by Gasteiger charge is -2.35. The Kier molecular flexibility index (Phi) is 5.85. The standard InChI is InChI=1S/C10H17NO2.C2H4O2/c1-4-10(5-2)8(12)7(3)6-11-9(10)13;1-2(3)4/h7H,4-6H2,1-3H3,(H,11,13);1H3,(H,3,4)/t7-;/m1./s1. The van der Waals surface area contributed by atoms with E-state index < -0.39 is 11.4 Å². The highest BCUT2D eigenvalue weighted by molar-refractivity contribution is 6.08. The first-order valence-corrected chi connectivity index (χ1v) is 5.84. The summed E-state index contributed by atoms with van der Waals surface area (Å²) in [6.45, 7) is 7.26. The highest BCUT2D eigenvalue weighted by atomic mass is 16.4. The van der Waals surface area contributed by atoms with Crippen LogP contribution in [0.1, 0.15) is 40.5 Å². The van der Waals surface area contributed by atoms with Crippen molar-refractivity contribution >= 4 is 17.7 Å². The molecule has 0 bridgehead atoms. The van der Waals surface area contributed by atoms with E-state index in [0.29, 0.717) is 19.4 Å². The Hall–Kier alpha value is -1.39. The molecule has 1 aliphatic heterocycles. The van der Waals surface area contributed by atoms with Crippen LogP contribution in [0.5, 0.6) is 0 Å². The SMILES string of the molecule is CC(=O)O.CCC1(CC)C(=O)NC[C@@H](C)C1=O. The summed E-state index contributed by atoms with van der Waals surface area (Å²) in [6, 6.07) is 0. The quantitative estimate of drug-likeness (QED) is 0.714. The van der Waals surface area contributed by atoms with Crippen LogP contribution in [0.4, 0.5) is 0 Å². The zero-order chi connectivity index (χ0) is 13.6. The van der Waals surface area contributed by atoms with Crippen LogP contribution in [0.15, 0.2) is 0 Å². The first kappa shape index (κ1) is 15.6. The average molecular weight is 243 g/mol. The fourth-order valence-corrected chi connectivity index (χ4v) is 2.01. The Balaban J connectivity index is 0.000000557. The molecule has 1 fully saturated rings. The van der Waals surface area contributed by atoms with Crippen LogP contribution in [0.2, 0.25) is 0 Å². The van der Waals surface area contributed by atoms with Crippen LogP contribution in [-0.4, -0.2) is 29.3 Å². The third kappa shape index (κ3) is 3.54. The summed E-state index contributed by atoms with van der Waals surface area (Å²) in [6.07, 6.45) is 1.22. The molecule has 0 unspecified atom stereocenters. The number of carboxylic acid groups (broad SMARTS) is 1. The number of rotatable bonds is 2. The topological polar surface area (TPSA) is 83.5 Å². The number of piperidine rings is 1. The number of carbonyl (C=O) groups excluding carboxylic acids is 2. The van der Waals surface area contributed by atoms with Gasteiger partial charge in [0, 0.05) is 19.4 Å². The molecule has 5 nitrogen and oxygen atoms in total. The number of carboxylic acids is 1. The second-order valence-corrected chi connectivity index (χ2v) is 4.28. The van der Waals surface area contributed by atoms with Gasteiger partial charge in [-0.25, -0.2) is 0 Å². The first-order valence-electron chi connectivity index (χ1n) is 5.84. The minimum atomic E-state index is -0.833. The molecule has 1 rings (SSSR count). The van der Waals surface area contributed by atoms with Crippen LogP contribution in [0.25, 0.3) is 0 Å². The zero-order valence-corrected chi connectivity index (χ0v) is 10.9. The number of amides is 1. The van der Waals surface area contributed by atoms with Crippen LogP contribution < -0.4 is 5.32 Å². The Morgan fingerprint density at radius 2 is 1.82 bits per heavy atom. The molecule has 0 aromatic carbocycles. The van der Waals surface area contributed by atoms with Crippen molar-refractivity contribution in [2.45, 2.75) is 40.5 Å². The van der Waals surface area contributed by atoms with Crippen molar-refractivity contribution in [2.75, 3.05) is 6.54 Å². The molecule has 1 heterocycles. The van der Waals surface area contributed by atoms with E-state index in [1.165, 1.54) is 0 Å². The van der Waals surface area contributed by atoms with Gasteiger partial charge < -0.3 is 10.4 Å². The predicted molar refractivity (Wildman–Crippen MR) is 63.5 cm³/mol. The van der Waals surface area contributed by atoms with E-state index >= 15 is 0 Å². The molecule has 1 amide bonds. The maximum atomic E-state index is 11.9. The number of hydrogen-bond donors (Lipinski definition) is 2. The van der Waals surface area contributed by atoms with Crippen molar-refractivity contribution in [3.63, 3.8) is 0 Å². The van der Waals surface area contributed by atoms with Gasteiger partial charge in [0.05, 0.1) is 0 Å². The van der Waals surface area contributed by atoms with Crippen LogP contribution >= 0.6 is 0 Å². The average Bonchev–Trinajstić information content (AvgIpc) is 2.25. The van der Waals surface area contributed by atoms with Gasteiger partial charge in [0.15, 0.2) is 5.78 Å². The second kappa shape index (κ2) is 6.37. The molecule has 98 valence electrons. The summed E-state index contributed by atoms with van der Waals surface area (Å²) in [5, 5.41) is 10.2. The Bertz CT molecular complexity index is 304. The number of Topliss-reactive ketones (excluding diaryl/α,β-unsaturated/α-hetero) is 1. The van der Waals surface area contributed by atoms with Gasteiger partial charge in [-0.2, -0.15) is 0 Å². The molecule has 0 aromatic rings. The third-order valence-electron chi connectivity index (χ3n) is 3.13. The van der Waals surface area contributed by atoms with Gasteiger partial charge in [0.25, 0.3) is 5.97 Å². The van der Waals surface area contributed by atoms with E-state index in [1.807, 2.05) is 20.8 Å². The van der Waals surface area contributed by atoms with Gasteiger partial charge >= 0.3 is 0 Å². The molecule has 2 N–H and O–H groups in total. The molecule has 5 heteroatoms. The summed E-state index contributed by atoms with van der Waals surface area (Å²) < 4.78 is 0. The number of hydrogen-bond acceptors (Lipinski definition) is 3. The van der Waals surface area contributed by atoms with Crippen molar-refractivity contribution in [3.05, 3.63) is 0 Å². The molecule has 17 heavy (non-hydrogen) atoms. The van der Waals surface area contributed by atoms with Crippen LogP contribution in [0.3, 0.4) is 0 Å². The van der Waals surface area contributed by atoms with Crippen molar-refractivity contribution < 1.29 is 19.5 Å². The summed E-state index contributed by atoms with van der Waals surface area (Å²) in [7, 11) is 0. The van der Waals surface area contributed by atoms with Gasteiger partial charge in [-0.1, -0.05) is 20.8 Å². The van der Waals surface area contributed by atoms with Gasteiger partial charge in [0.2, 0.25) is 5.91 Å². The summed E-state index contributed by atoms with van der Waals surface area (Å²) in [5.41, 5.74) is -0.738. The summed E-state index contributed by atoms with van der Waals surface area (Å²) in [5.74, 6) is -0.834. The van der Waals surface area contributed by atoms with Gasteiger partial charge in [-0.3, -0.25) is 14.4 Å². The lowest BCUT2D eigenvalue weighted by atomic mass is 9.71. The minimum absolute atomic E-state index is 0.0300. The second-order valence-electron chi connectivity index (χ2n) is 4.28. The predicted octanol–water partition coefficient (Wildman–Crippen LogP) is 1.22. The van der Waals surface area contributed by atoms with Crippen molar-refractivity contribution in [1.82, 2.24) is 5.32 Å². The highest BCUT2D eigenvalue weighted by Gasteiger charge is 2.47. The zero-order valence-electron chi connectivity index (χ0n) is 10.9. The number of carbonyl (C=O) groups is 3. The lowest BCUT2D eigenvalue weighted by Crippen LogP contribution is -2.55. The Morgan fingerprint density at radius 3 is 2.12 bits per heavy atom. The maximum Gasteiger partial charge on any atom is 0.300 e. The van der Waals surface area contributed by atoms with Crippen molar-refractivity contribution in [2.24, 2.45) is 11.3 Å². The molecule has 1 atom stereocenters. The molecule has 1 saturated heterocycles. The monoisotopic (exact) mass is 243 g/mol. The third-order valence-corrected chi connectivity index (χ3v) is 3.13. The van der Waals surface area contributed by atoms with E-state index in [4.69, 9.17) is 9.90 Å². The normalized spacial score (nSPS) is 22.2. The lowest BCUT2D eigenvalue weighted by molar-refractivity contribution is -0.148. The van der Waals surface area contributed by atoms with Gasteiger partial charge in [-0.05, 0) is 12.8 Å². The smallest absolute Gasteiger partial charge is 0.300 e. The van der Waals surface area contributed by atoms with E-state index in [2.05, 4.69) is 5.32 Å². The Morgan fingerprint density at radius 1 is 1.41 bits per heavy atom. The molecule has 0 spiro atoms. The summed E-state index contributed by atoms with van der Waals surface area (Å²) in [4.78, 5) is 32.5. The summed E-state index contributed by atoms with van der Waals surface area (Å²) >= 11 is 0. The molecule has 0 saturated carbocycles. The van der Waals surface area contributed by atoms with Crippen molar-refractivity contribution in [1.29, 1.82) is 0 Å². The molecular formula is C12H21NO4. The van der Waals surface area contributed by atoms with E-state index in [-0.39, 0.29) is 17.6 Å². The first-order chi connectivity index (χ1) is 7.81. The largest absolute Gasteiger partial charge is 0.481 e. The fraction of sp³-hybridized carbons (Fsp3) is 0.750.